The fraction of sp³-hybridized carbons (Fsp3) is 0.200. The van der Waals surface area contributed by atoms with Crippen LogP contribution in [0.5, 0.6) is 5.75 Å². The van der Waals surface area contributed by atoms with Crippen molar-refractivity contribution in [1.29, 1.82) is 0 Å². The fourth-order valence-corrected chi connectivity index (χ4v) is 2.40. The number of phenolic OH excluding ortho intramolecular Hbond substituents is 1. The van der Waals surface area contributed by atoms with Crippen molar-refractivity contribution in [3.8, 4) is 16.9 Å². The van der Waals surface area contributed by atoms with E-state index in [9.17, 15) is 5.11 Å². The van der Waals surface area contributed by atoms with Crippen LogP contribution in [0.15, 0.2) is 30.3 Å². The summed E-state index contributed by atoms with van der Waals surface area (Å²) in [6.45, 7) is 6.15. The highest BCUT2D eigenvalue weighted by Gasteiger charge is 2.13. The highest BCUT2D eigenvalue weighted by molar-refractivity contribution is 5.85. The third kappa shape index (κ3) is 1.98. The number of nitrogens with two attached hydrogens (primary N) is 1. The van der Waals surface area contributed by atoms with E-state index in [0.29, 0.717) is 5.69 Å². The van der Waals surface area contributed by atoms with E-state index in [0.717, 1.165) is 22.3 Å². The summed E-state index contributed by atoms with van der Waals surface area (Å²) >= 11 is 0. The predicted octanol–water partition coefficient (Wildman–Crippen LogP) is 3.57. The molecular weight excluding hydrogens is 210 g/mol. The third-order valence-corrected chi connectivity index (χ3v) is 3.00. The van der Waals surface area contributed by atoms with Crippen molar-refractivity contribution in [3.05, 3.63) is 47.0 Å². The lowest BCUT2D eigenvalue weighted by atomic mass is 9.92. The molecule has 0 aromatic heterocycles. The molecule has 0 bridgehead atoms. The van der Waals surface area contributed by atoms with Gasteiger partial charge in [0.05, 0.1) is 0 Å². The summed E-state index contributed by atoms with van der Waals surface area (Å²) < 4.78 is 0. The molecule has 3 N–H and O–H groups in total. The number of aryl methyl sites for hydroxylation is 3. The van der Waals surface area contributed by atoms with E-state index < -0.39 is 0 Å². The Hall–Kier alpha value is -1.96. The Morgan fingerprint density at radius 2 is 1.53 bits per heavy atom. The number of aromatic hydroxyl groups is 1. The maximum Gasteiger partial charge on any atom is 0.125 e. The van der Waals surface area contributed by atoms with Gasteiger partial charge in [0.25, 0.3) is 0 Å². The van der Waals surface area contributed by atoms with Crippen LogP contribution in [-0.2, 0) is 0 Å². The van der Waals surface area contributed by atoms with Gasteiger partial charge in [0, 0.05) is 11.3 Å². The molecule has 2 aromatic rings. The molecule has 2 heteroatoms. The summed E-state index contributed by atoms with van der Waals surface area (Å²) in [5.41, 5.74) is 11.8. The van der Waals surface area contributed by atoms with Gasteiger partial charge in [0.2, 0.25) is 0 Å². The van der Waals surface area contributed by atoms with Crippen molar-refractivity contribution < 1.29 is 5.11 Å². The fourth-order valence-electron chi connectivity index (χ4n) is 2.40. The average molecular weight is 227 g/mol. The molecule has 2 rings (SSSR count). The lowest BCUT2D eigenvalue weighted by molar-refractivity contribution is 0.477. The van der Waals surface area contributed by atoms with Crippen molar-refractivity contribution in [2.24, 2.45) is 0 Å². The van der Waals surface area contributed by atoms with Gasteiger partial charge in [-0.05, 0) is 49.6 Å². The molecule has 17 heavy (non-hydrogen) atoms. The highest BCUT2D eigenvalue weighted by atomic mass is 16.3. The van der Waals surface area contributed by atoms with Gasteiger partial charge in [-0.3, -0.25) is 0 Å². The van der Waals surface area contributed by atoms with Crippen LogP contribution >= 0.6 is 0 Å². The Labute approximate surface area is 102 Å². The Kier molecular flexibility index (Phi) is 2.80. The first-order valence-corrected chi connectivity index (χ1v) is 5.66. The molecule has 0 aliphatic rings. The number of benzene rings is 2. The molecular formula is C15H17NO. The van der Waals surface area contributed by atoms with Crippen LogP contribution in [0, 0.1) is 20.8 Å². The standard InChI is InChI=1S/C15H17NO/c1-9-7-10(2)14(11(3)8-9)15-12(16)5-4-6-13(15)17/h4-8,17H,16H2,1-3H3. The van der Waals surface area contributed by atoms with Gasteiger partial charge in [-0.25, -0.2) is 0 Å². The van der Waals surface area contributed by atoms with Crippen LogP contribution < -0.4 is 5.73 Å². The first-order valence-electron chi connectivity index (χ1n) is 5.66. The molecule has 0 unspecified atom stereocenters. The molecule has 0 atom stereocenters. The topological polar surface area (TPSA) is 46.2 Å². The van der Waals surface area contributed by atoms with Gasteiger partial charge in [-0.2, -0.15) is 0 Å². The SMILES string of the molecule is Cc1cc(C)c(-c2c(N)cccc2O)c(C)c1. The van der Waals surface area contributed by atoms with Crippen molar-refractivity contribution in [3.63, 3.8) is 0 Å². The largest absolute Gasteiger partial charge is 0.507 e. The van der Waals surface area contributed by atoms with Gasteiger partial charge >= 0.3 is 0 Å². The highest BCUT2D eigenvalue weighted by Crippen LogP contribution is 2.38. The van der Waals surface area contributed by atoms with Gasteiger partial charge < -0.3 is 10.8 Å². The van der Waals surface area contributed by atoms with Crippen molar-refractivity contribution in [2.75, 3.05) is 5.73 Å². The Morgan fingerprint density at radius 3 is 2.06 bits per heavy atom. The third-order valence-electron chi connectivity index (χ3n) is 3.00. The molecule has 0 aliphatic heterocycles. The van der Waals surface area contributed by atoms with E-state index in [4.69, 9.17) is 5.73 Å². The van der Waals surface area contributed by atoms with Gasteiger partial charge in [0.1, 0.15) is 5.75 Å². The molecule has 0 radical (unpaired) electrons. The molecule has 0 aliphatic carbocycles. The maximum atomic E-state index is 9.98. The quantitative estimate of drug-likeness (QED) is 0.732. The Balaban J connectivity index is 2.77. The number of rotatable bonds is 1. The smallest absolute Gasteiger partial charge is 0.125 e. The normalized spacial score (nSPS) is 10.5. The summed E-state index contributed by atoms with van der Waals surface area (Å²) in [6, 6.07) is 9.45. The van der Waals surface area contributed by atoms with Crippen LogP contribution in [-0.4, -0.2) is 5.11 Å². The number of hydrogen-bond acceptors (Lipinski definition) is 2. The second-order valence-electron chi connectivity index (χ2n) is 4.52. The zero-order chi connectivity index (χ0) is 12.6. The van der Waals surface area contributed by atoms with Crippen molar-refractivity contribution in [1.82, 2.24) is 0 Å². The van der Waals surface area contributed by atoms with Gasteiger partial charge in [0.15, 0.2) is 0 Å². The molecule has 2 nitrogen and oxygen atoms in total. The van der Waals surface area contributed by atoms with Crippen LogP contribution in [0.1, 0.15) is 16.7 Å². The average Bonchev–Trinajstić information content (AvgIpc) is 2.21. The number of anilines is 1. The van der Waals surface area contributed by atoms with Crippen molar-refractivity contribution in [2.45, 2.75) is 20.8 Å². The first kappa shape index (κ1) is 11.5. The molecule has 2 aromatic carbocycles. The van der Waals surface area contributed by atoms with E-state index in [1.165, 1.54) is 5.56 Å². The number of nitrogen functional groups attached to an aromatic ring is 1. The second kappa shape index (κ2) is 4.13. The van der Waals surface area contributed by atoms with Crippen LogP contribution in [0.25, 0.3) is 11.1 Å². The first-order chi connectivity index (χ1) is 8.00. The summed E-state index contributed by atoms with van der Waals surface area (Å²) in [5.74, 6) is 0.236. The Bertz CT molecular complexity index is 530. The monoisotopic (exact) mass is 227 g/mol. The minimum Gasteiger partial charge on any atom is -0.507 e. The Morgan fingerprint density at radius 1 is 0.941 bits per heavy atom. The number of hydrogen-bond donors (Lipinski definition) is 2. The molecule has 0 heterocycles. The minimum absolute atomic E-state index is 0.236. The zero-order valence-corrected chi connectivity index (χ0v) is 10.4. The molecule has 88 valence electrons. The summed E-state index contributed by atoms with van der Waals surface area (Å²) in [7, 11) is 0. The molecule has 0 saturated carbocycles. The lowest BCUT2D eigenvalue weighted by Gasteiger charge is -2.15. The van der Waals surface area contributed by atoms with Crippen LogP contribution in [0.4, 0.5) is 5.69 Å². The van der Waals surface area contributed by atoms with Crippen LogP contribution in [0.2, 0.25) is 0 Å². The second-order valence-corrected chi connectivity index (χ2v) is 4.52. The van der Waals surface area contributed by atoms with Gasteiger partial charge in [-0.1, -0.05) is 23.8 Å². The number of phenols is 1. The van der Waals surface area contributed by atoms with Crippen molar-refractivity contribution >= 4 is 5.69 Å². The zero-order valence-electron chi connectivity index (χ0n) is 10.4. The van der Waals surface area contributed by atoms with E-state index in [1.54, 1.807) is 12.1 Å². The van der Waals surface area contributed by atoms with E-state index in [-0.39, 0.29) is 5.75 Å². The lowest BCUT2D eigenvalue weighted by Crippen LogP contribution is -1.95. The molecule has 0 amide bonds. The van der Waals surface area contributed by atoms with Crippen LogP contribution in [0.3, 0.4) is 0 Å². The molecule has 0 fully saturated rings. The summed E-state index contributed by atoms with van der Waals surface area (Å²) in [4.78, 5) is 0. The summed E-state index contributed by atoms with van der Waals surface area (Å²) in [5, 5.41) is 9.98. The molecule has 0 saturated heterocycles. The van der Waals surface area contributed by atoms with E-state index in [2.05, 4.69) is 19.1 Å². The summed E-state index contributed by atoms with van der Waals surface area (Å²) in [6.07, 6.45) is 0. The minimum atomic E-state index is 0.236. The van der Waals surface area contributed by atoms with E-state index in [1.807, 2.05) is 19.9 Å². The molecule has 0 spiro atoms. The predicted molar refractivity (Wildman–Crippen MR) is 72.2 cm³/mol. The van der Waals surface area contributed by atoms with Gasteiger partial charge in [-0.15, -0.1) is 0 Å². The maximum absolute atomic E-state index is 9.98. The van der Waals surface area contributed by atoms with E-state index >= 15 is 0 Å².